The normalized spacial score (nSPS) is 14.4. The van der Waals surface area contributed by atoms with Gasteiger partial charge in [0, 0.05) is 25.7 Å². The molecule has 0 aliphatic carbocycles. The van der Waals surface area contributed by atoms with Gasteiger partial charge in [0.25, 0.3) is 5.91 Å². The Morgan fingerprint density at radius 3 is 2.49 bits per heavy atom. The first-order chi connectivity index (χ1) is 17.6. The van der Waals surface area contributed by atoms with Crippen molar-refractivity contribution in [1.82, 2.24) is 15.7 Å². The monoisotopic (exact) mass is 509 g/mol. The van der Waals surface area contributed by atoms with Crippen LogP contribution in [0.4, 0.5) is 4.79 Å². The van der Waals surface area contributed by atoms with Gasteiger partial charge in [-0.15, -0.1) is 0 Å². The van der Waals surface area contributed by atoms with E-state index in [4.69, 9.17) is 4.74 Å². The third-order valence-corrected chi connectivity index (χ3v) is 5.94. The fourth-order valence-electron chi connectivity index (χ4n) is 4.14. The van der Waals surface area contributed by atoms with E-state index in [0.29, 0.717) is 31.1 Å². The van der Waals surface area contributed by atoms with Crippen LogP contribution < -0.4 is 10.8 Å². The molecule has 3 amide bonds. The van der Waals surface area contributed by atoms with Crippen LogP contribution in [0.1, 0.15) is 66.6 Å². The number of benzene rings is 2. The summed E-state index contributed by atoms with van der Waals surface area (Å²) in [6.45, 7) is 7.14. The number of aromatic hydroxyl groups is 1. The maximum atomic E-state index is 12.7. The van der Waals surface area contributed by atoms with Gasteiger partial charge >= 0.3 is 6.09 Å². The van der Waals surface area contributed by atoms with Gasteiger partial charge in [-0.1, -0.05) is 30.3 Å². The third kappa shape index (κ3) is 8.35. The van der Waals surface area contributed by atoms with Crippen LogP contribution in [-0.4, -0.2) is 53.7 Å². The van der Waals surface area contributed by atoms with Crippen LogP contribution in [0.15, 0.2) is 48.5 Å². The number of hydroxylamine groups is 1. The number of carbonyl (C=O) groups is 3. The molecule has 3 rings (SSSR count). The smallest absolute Gasteiger partial charge is 0.407 e. The Morgan fingerprint density at radius 1 is 1.11 bits per heavy atom. The van der Waals surface area contributed by atoms with Gasteiger partial charge in [-0.25, -0.2) is 10.3 Å². The number of hydrogen-bond acceptors (Lipinski definition) is 6. The van der Waals surface area contributed by atoms with E-state index in [1.165, 1.54) is 30.9 Å². The zero-order chi connectivity index (χ0) is 27.0. The van der Waals surface area contributed by atoms with Crippen LogP contribution in [0.5, 0.6) is 5.75 Å². The second kappa shape index (κ2) is 12.4. The molecule has 9 heteroatoms. The van der Waals surface area contributed by atoms with E-state index >= 15 is 0 Å². The Labute approximate surface area is 217 Å². The summed E-state index contributed by atoms with van der Waals surface area (Å²) in [7, 11) is 1.31. The van der Waals surface area contributed by atoms with E-state index in [1.807, 2.05) is 32.9 Å². The number of alkyl carbamates (subject to hydrolysis) is 1. The molecule has 0 bridgehead atoms. The zero-order valence-corrected chi connectivity index (χ0v) is 21.7. The maximum absolute atomic E-state index is 12.7. The number of phenols is 1. The molecule has 1 heterocycles. The highest BCUT2D eigenvalue weighted by Crippen LogP contribution is 2.29. The number of hydrogen-bond donors (Lipinski definition) is 3. The molecule has 0 spiro atoms. The first-order valence-corrected chi connectivity index (χ1v) is 12.2. The van der Waals surface area contributed by atoms with Crippen molar-refractivity contribution in [3.8, 4) is 5.75 Å². The van der Waals surface area contributed by atoms with E-state index in [2.05, 4.69) is 27.8 Å². The summed E-state index contributed by atoms with van der Waals surface area (Å²) in [4.78, 5) is 42.8. The SMILES string of the molecule is CONC(=O)c1ccc(/C=C/C(=O)N2CCC(c3cccc(CNC(=O)OC(C)(C)C)c3)CC2)cc1O. The summed E-state index contributed by atoms with van der Waals surface area (Å²) in [5, 5.41) is 12.9. The summed E-state index contributed by atoms with van der Waals surface area (Å²) >= 11 is 0. The number of nitrogens with zero attached hydrogens (tertiary/aromatic N) is 1. The molecule has 2 aromatic rings. The Kier molecular flexibility index (Phi) is 9.30. The van der Waals surface area contributed by atoms with Crippen LogP contribution in [0.3, 0.4) is 0 Å². The van der Waals surface area contributed by atoms with Crippen LogP contribution in [-0.2, 0) is 20.9 Å². The molecule has 1 fully saturated rings. The Balaban J connectivity index is 1.52. The lowest BCUT2D eigenvalue weighted by atomic mass is 9.88. The first-order valence-electron chi connectivity index (χ1n) is 12.2. The molecular weight excluding hydrogens is 474 g/mol. The predicted molar refractivity (Wildman–Crippen MR) is 140 cm³/mol. The van der Waals surface area contributed by atoms with Crippen LogP contribution in [0.2, 0.25) is 0 Å². The van der Waals surface area contributed by atoms with Gasteiger partial charge in [0.05, 0.1) is 12.7 Å². The molecule has 0 unspecified atom stereocenters. The third-order valence-electron chi connectivity index (χ3n) is 5.94. The summed E-state index contributed by atoms with van der Waals surface area (Å²) < 4.78 is 5.29. The molecule has 1 aliphatic heterocycles. The van der Waals surface area contributed by atoms with Crippen LogP contribution >= 0.6 is 0 Å². The number of rotatable bonds is 7. The molecule has 2 aromatic carbocycles. The highest BCUT2D eigenvalue weighted by atomic mass is 16.6. The largest absolute Gasteiger partial charge is 0.507 e. The molecule has 37 heavy (non-hydrogen) atoms. The molecule has 0 saturated carbocycles. The number of carbonyl (C=O) groups excluding carboxylic acids is 3. The minimum atomic E-state index is -0.556. The van der Waals surface area contributed by atoms with Crippen molar-refractivity contribution in [2.75, 3.05) is 20.2 Å². The van der Waals surface area contributed by atoms with Gasteiger partial charge < -0.3 is 20.1 Å². The number of likely N-dealkylation sites (tertiary alicyclic amines) is 1. The molecule has 1 saturated heterocycles. The highest BCUT2D eigenvalue weighted by Gasteiger charge is 2.23. The predicted octanol–water partition coefficient (Wildman–Crippen LogP) is 4.13. The second-order valence-electron chi connectivity index (χ2n) is 9.95. The summed E-state index contributed by atoms with van der Waals surface area (Å²) in [6.07, 6.45) is 4.33. The van der Waals surface area contributed by atoms with E-state index < -0.39 is 17.6 Å². The Bertz CT molecular complexity index is 1150. The summed E-state index contributed by atoms with van der Waals surface area (Å²) in [5.74, 6) is -0.528. The first kappa shape index (κ1) is 27.7. The van der Waals surface area contributed by atoms with Gasteiger partial charge in [0.2, 0.25) is 5.91 Å². The van der Waals surface area contributed by atoms with E-state index in [9.17, 15) is 19.5 Å². The van der Waals surface area contributed by atoms with Crippen molar-refractivity contribution >= 4 is 24.0 Å². The number of nitrogens with one attached hydrogen (secondary N) is 2. The van der Waals surface area contributed by atoms with Crippen molar-refractivity contribution in [1.29, 1.82) is 0 Å². The second-order valence-corrected chi connectivity index (χ2v) is 9.95. The average Bonchev–Trinajstić information content (AvgIpc) is 2.85. The van der Waals surface area contributed by atoms with Gasteiger partial charge in [0.1, 0.15) is 11.4 Å². The fourth-order valence-corrected chi connectivity index (χ4v) is 4.14. The number of phenolic OH excluding ortho intramolecular Hbond substituents is 1. The minimum absolute atomic E-state index is 0.0806. The Morgan fingerprint density at radius 2 is 1.84 bits per heavy atom. The summed E-state index contributed by atoms with van der Waals surface area (Å²) in [6, 6.07) is 12.7. The molecule has 9 nitrogen and oxygen atoms in total. The highest BCUT2D eigenvalue weighted by molar-refractivity contribution is 5.97. The molecule has 3 N–H and O–H groups in total. The number of piperidine rings is 1. The van der Waals surface area contributed by atoms with Gasteiger partial charge in [0.15, 0.2) is 0 Å². The number of ether oxygens (including phenoxy) is 1. The lowest BCUT2D eigenvalue weighted by Gasteiger charge is -2.31. The van der Waals surface area contributed by atoms with Crippen LogP contribution in [0, 0.1) is 0 Å². The van der Waals surface area contributed by atoms with Crippen molar-refractivity contribution < 1.29 is 29.1 Å². The van der Waals surface area contributed by atoms with Gasteiger partial charge in [-0.05, 0) is 74.4 Å². The van der Waals surface area contributed by atoms with Gasteiger partial charge in [-0.3, -0.25) is 14.4 Å². The van der Waals surface area contributed by atoms with E-state index in [0.717, 1.165) is 18.4 Å². The zero-order valence-electron chi connectivity index (χ0n) is 21.7. The number of amides is 3. The Hall–Kier alpha value is -3.85. The molecule has 198 valence electrons. The summed E-state index contributed by atoms with van der Waals surface area (Å²) in [5.41, 5.74) is 4.49. The molecule has 0 aromatic heterocycles. The van der Waals surface area contributed by atoms with Crippen molar-refractivity contribution in [3.05, 3.63) is 70.8 Å². The molecule has 0 radical (unpaired) electrons. The molecule has 1 aliphatic rings. The van der Waals surface area contributed by atoms with Crippen LogP contribution in [0.25, 0.3) is 6.08 Å². The topological polar surface area (TPSA) is 117 Å². The lowest BCUT2D eigenvalue weighted by Crippen LogP contribution is -2.36. The minimum Gasteiger partial charge on any atom is -0.507 e. The van der Waals surface area contributed by atoms with E-state index in [-0.39, 0.29) is 17.2 Å². The van der Waals surface area contributed by atoms with Gasteiger partial charge in [-0.2, -0.15) is 0 Å². The maximum Gasteiger partial charge on any atom is 0.407 e. The molecule has 0 atom stereocenters. The van der Waals surface area contributed by atoms with E-state index in [1.54, 1.807) is 17.0 Å². The lowest BCUT2D eigenvalue weighted by molar-refractivity contribution is -0.126. The van der Waals surface area contributed by atoms with Crippen molar-refractivity contribution in [3.63, 3.8) is 0 Å². The fraction of sp³-hybridized carbons (Fsp3) is 0.393. The van der Waals surface area contributed by atoms with Crippen molar-refractivity contribution in [2.24, 2.45) is 0 Å². The molecular formula is C28H35N3O6. The average molecular weight is 510 g/mol. The standard InChI is InChI=1S/C28H35N3O6/c1-28(2,3)37-27(35)29-18-20-6-5-7-22(16-20)21-12-14-31(15-13-21)25(33)11-9-19-8-10-23(24(32)17-19)26(34)30-36-4/h5-11,16-17,21,32H,12-15,18H2,1-4H3,(H,29,35)(H,30,34)/b11-9+. The van der Waals surface area contributed by atoms with Crippen molar-refractivity contribution in [2.45, 2.75) is 51.7 Å². The quantitative estimate of drug-likeness (QED) is 0.382.